The van der Waals surface area contributed by atoms with Crippen LogP contribution in [0, 0.1) is 0 Å². The van der Waals surface area contributed by atoms with Gasteiger partial charge in [0.15, 0.2) is 0 Å². The van der Waals surface area contributed by atoms with E-state index in [1.54, 1.807) is 0 Å². The van der Waals surface area contributed by atoms with E-state index < -0.39 is 48.9 Å². The van der Waals surface area contributed by atoms with Crippen LogP contribution in [0.3, 0.4) is 0 Å². The molecule has 11 heteroatoms. The first-order valence-corrected chi connectivity index (χ1v) is 5.23. The fraction of sp³-hybridized carbons (Fsp3) is 0.667. The van der Waals surface area contributed by atoms with Crippen molar-refractivity contribution in [3.8, 4) is 0 Å². The Morgan fingerprint density at radius 1 is 1.30 bits per heavy atom. The highest BCUT2D eigenvalue weighted by molar-refractivity contribution is 5.94. The molecule has 0 aromatic heterocycles. The number of halogens is 5. The van der Waals surface area contributed by atoms with E-state index in [9.17, 15) is 36.3 Å². The number of nitrogens with zero attached hydrogens (tertiary/aromatic N) is 1. The van der Waals surface area contributed by atoms with Crippen LogP contribution in [0.1, 0.15) is 6.42 Å². The van der Waals surface area contributed by atoms with E-state index in [1.807, 2.05) is 0 Å². The van der Waals surface area contributed by atoms with Gasteiger partial charge in [0.1, 0.15) is 6.04 Å². The zero-order chi connectivity index (χ0) is 15.7. The molecule has 0 radical (unpaired) electrons. The van der Waals surface area contributed by atoms with E-state index in [0.29, 0.717) is 0 Å². The van der Waals surface area contributed by atoms with Crippen molar-refractivity contribution >= 4 is 17.8 Å². The zero-order valence-electron chi connectivity index (χ0n) is 9.71. The van der Waals surface area contributed by atoms with Crippen LogP contribution >= 0.6 is 0 Å². The SMILES string of the molecule is O=C(O)CC1C(=O)NCCN1C(=O)C(F)(F)C(F)(F)F. The van der Waals surface area contributed by atoms with E-state index >= 15 is 0 Å². The molecular formula is C9H9F5N2O4. The third-order valence-electron chi connectivity index (χ3n) is 2.58. The Balaban J connectivity index is 3.04. The molecule has 2 amide bonds. The average molecular weight is 304 g/mol. The molecule has 0 bridgehead atoms. The summed E-state index contributed by atoms with van der Waals surface area (Å²) in [5.41, 5.74) is 0. The van der Waals surface area contributed by atoms with Gasteiger partial charge in [-0.25, -0.2) is 0 Å². The molecule has 0 aromatic carbocycles. The van der Waals surface area contributed by atoms with E-state index in [1.165, 1.54) is 0 Å². The van der Waals surface area contributed by atoms with Crippen molar-refractivity contribution in [1.29, 1.82) is 0 Å². The number of carbonyl (C=O) groups is 3. The van der Waals surface area contributed by atoms with Crippen LogP contribution < -0.4 is 5.32 Å². The van der Waals surface area contributed by atoms with Crippen molar-refractivity contribution in [2.45, 2.75) is 24.6 Å². The molecule has 2 N–H and O–H groups in total. The molecule has 1 atom stereocenters. The first-order chi connectivity index (χ1) is 8.98. The predicted molar refractivity (Wildman–Crippen MR) is 51.8 cm³/mol. The van der Waals surface area contributed by atoms with Gasteiger partial charge < -0.3 is 15.3 Å². The third-order valence-corrected chi connectivity index (χ3v) is 2.58. The topological polar surface area (TPSA) is 86.7 Å². The Hall–Kier alpha value is -1.94. The maximum Gasteiger partial charge on any atom is 0.463 e. The fourth-order valence-electron chi connectivity index (χ4n) is 1.63. The number of hydrogen-bond donors (Lipinski definition) is 2. The molecule has 1 heterocycles. The number of piperazine rings is 1. The number of amides is 2. The normalized spacial score (nSPS) is 20.6. The first-order valence-electron chi connectivity index (χ1n) is 5.23. The van der Waals surface area contributed by atoms with Gasteiger partial charge in [-0.2, -0.15) is 22.0 Å². The Morgan fingerprint density at radius 2 is 1.85 bits per heavy atom. The molecule has 0 aromatic rings. The lowest BCUT2D eigenvalue weighted by atomic mass is 10.1. The largest absolute Gasteiger partial charge is 0.481 e. The third kappa shape index (κ3) is 2.96. The maximum absolute atomic E-state index is 13.0. The van der Waals surface area contributed by atoms with Crippen molar-refractivity contribution in [2.75, 3.05) is 13.1 Å². The summed E-state index contributed by atoms with van der Waals surface area (Å²) in [5.74, 6) is -11.0. The minimum atomic E-state index is -6.12. The van der Waals surface area contributed by atoms with Gasteiger partial charge >= 0.3 is 24.0 Å². The lowest BCUT2D eigenvalue weighted by Gasteiger charge is -2.36. The summed E-state index contributed by atoms with van der Waals surface area (Å²) in [5, 5.41) is 10.6. The van der Waals surface area contributed by atoms with Crippen molar-refractivity contribution in [2.24, 2.45) is 0 Å². The number of alkyl halides is 5. The van der Waals surface area contributed by atoms with E-state index in [2.05, 4.69) is 5.32 Å². The van der Waals surface area contributed by atoms with Crippen LogP contribution in [0.25, 0.3) is 0 Å². The highest BCUT2D eigenvalue weighted by Gasteiger charge is 2.65. The molecule has 0 saturated carbocycles. The van der Waals surface area contributed by atoms with Crippen LogP contribution in [0.15, 0.2) is 0 Å². The highest BCUT2D eigenvalue weighted by atomic mass is 19.4. The molecule has 0 spiro atoms. The lowest BCUT2D eigenvalue weighted by molar-refractivity contribution is -0.275. The smallest absolute Gasteiger partial charge is 0.463 e. The van der Waals surface area contributed by atoms with E-state index in [-0.39, 0.29) is 11.4 Å². The summed E-state index contributed by atoms with van der Waals surface area (Å²) in [4.78, 5) is 33.1. The summed E-state index contributed by atoms with van der Waals surface area (Å²) < 4.78 is 62.2. The molecule has 1 saturated heterocycles. The molecule has 114 valence electrons. The van der Waals surface area contributed by atoms with Gasteiger partial charge in [0, 0.05) is 13.1 Å². The van der Waals surface area contributed by atoms with Crippen molar-refractivity contribution in [3.63, 3.8) is 0 Å². The zero-order valence-corrected chi connectivity index (χ0v) is 9.71. The Labute approximate surface area is 108 Å². The second kappa shape index (κ2) is 5.21. The van der Waals surface area contributed by atoms with E-state index in [0.717, 1.165) is 0 Å². The molecule has 0 aliphatic carbocycles. The predicted octanol–water partition coefficient (Wildman–Crippen LogP) is -0.0143. The van der Waals surface area contributed by atoms with E-state index in [4.69, 9.17) is 5.11 Å². The maximum atomic E-state index is 13.0. The van der Waals surface area contributed by atoms with Crippen LogP contribution in [-0.2, 0) is 14.4 Å². The quantitative estimate of drug-likeness (QED) is 0.718. The summed E-state index contributed by atoms with van der Waals surface area (Å²) in [7, 11) is 0. The molecule has 20 heavy (non-hydrogen) atoms. The minimum Gasteiger partial charge on any atom is -0.481 e. The Morgan fingerprint density at radius 3 is 2.30 bits per heavy atom. The van der Waals surface area contributed by atoms with Gasteiger partial charge in [0.25, 0.3) is 0 Å². The van der Waals surface area contributed by atoms with Crippen LogP contribution in [0.4, 0.5) is 22.0 Å². The molecule has 1 aliphatic heterocycles. The number of rotatable bonds is 3. The summed E-state index contributed by atoms with van der Waals surface area (Å²) in [6, 6.07) is -1.90. The van der Waals surface area contributed by atoms with Crippen molar-refractivity contribution in [3.05, 3.63) is 0 Å². The summed E-state index contributed by atoms with van der Waals surface area (Å²) in [6.45, 7) is -0.969. The van der Waals surface area contributed by atoms with Gasteiger partial charge in [-0.15, -0.1) is 0 Å². The van der Waals surface area contributed by atoms with Gasteiger partial charge in [-0.1, -0.05) is 0 Å². The Kier molecular flexibility index (Phi) is 4.20. The second-order valence-electron chi connectivity index (χ2n) is 3.98. The number of carboxylic acid groups (broad SMARTS) is 1. The van der Waals surface area contributed by atoms with Crippen LogP contribution in [-0.4, -0.2) is 59.0 Å². The van der Waals surface area contributed by atoms with Crippen LogP contribution in [0.2, 0.25) is 0 Å². The van der Waals surface area contributed by atoms with Crippen molar-refractivity contribution in [1.82, 2.24) is 10.2 Å². The van der Waals surface area contributed by atoms with Crippen LogP contribution in [0.5, 0.6) is 0 Å². The average Bonchev–Trinajstić information content (AvgIpc) is 2.28. The summed E-state index contributed by atoms with van der Waals surface area (Å²) >= 11 is 0. The van der Waals surface area contributed by atoms with Gasteiger partial charge in [0.2, 0.25) is 5.91 Å². The molecule has 1 rings (SSSR count). The van der Waals surface area contributed by atoms with Gasteiger partial charge in [-0.05, 0) is 0 Å². The molecule has 6 nitrogen and oxygen atoms in total. The van der Waals surface area contributed by atoms with Crippen molar-refractivity contribution < 1.29 is 41.4 Å². The first kappa shape index (κ1) is 16.1. The number of carboxylic acids is 1. The number of nitrogens with one attached hydrogen (secondary N) is 1. The molecular weight excluding hydrogens is 295 g/mol. The monoisotopic (exact) mass is 304 g/mol. The Bertz CT molecular complexity index is 437. The highest BCUT2D eigenvalue weighted by Crippen LogP contribution is 2.37. The summed E-state index contributed by atoms with van der Waals surface area (Å²) in [6.07, 6.45) is -7.18. The standard InChI is InChI=1S/C9H9F5N2O4/c10-8(11,9(12,13)14)7(20)16-2-1-15-6(19)4(16)3-5(17)18/h4H,1-3H2,(H,15,19)(H,17,18). The number of carbonyl (C=O) groups excluding carboxylic acids is 2. The molecule has 1 fully saturated rings. The fourth-order valence-corrected chi connectivity index (χ4v) is 1.63. The van der Waals surface area contributed by atoms with Gasteiger partial charge in [-0.3, -0.25) is 14.4 Å². The second-order valence-corrected chi connectivity index (χ2v) is 3.98. The molecule has 1 unspecified atom stereocenters. The molecule has 1 aliphatic rings. The minimum absolute atomic E-state index is 0.0551. The lowest BCUT2D eigenvalue weighted by Crippen LogP contribution is -2.63. The number of hydrogen-bond acceptors (Lipinski definition) is 3. The van der Waals surface area contributed by atoms with Gasteiger partial charge in [0.05, 0.1) is 6.42 Å². The number of aliphatic carboxylic acids is 1.